The lowest BCUT2D eigenvalue weighted by Crippen LogP contribution is -2.45. The van der Waals surface area contributed by atoms with E-state index in [1.807, 2.05) is 25.8 Å². The lowest BCUT2D eigenvalue weighted by Gasteiger charge is -2.34. The molecule has 0 bridgehead atoms. The van der Waals surface area contributed by atoms with Gasteiger partial charge in [-0.15, -0.1) is 0 Å². The van der Waals surface area contributed by atoms with Crippen molar-refractivity contribution in [2.75, 3.05) is 35.3 Å². The number of nitrogens with one attached hydrogen (secondary N) is 1. The zero-order chi connectivity index (χ0) is 23.0. The predicted molar refractivity (Wildman–Crippen MR) is 118 cm³/mol. The second kappa shape index (κ2) is 8.14. The number of rotatable bonds is 2. The Labute approximate surface area is 183 Å². The molecule has 0 saturated heterocycles. The van der Waals surface area contributed by atoms with Gasteiger partial charge in [0.2, 0.25) is 0 Å². The van der Waals surface area contributed by atoms with E-state index in [0.29, 0.717) is 35.9 Å². The third-order valence-corrected chi connectivity index (χ3v) is 5.24. The molecule has 1 aliphatic rings. The number of amides is 2. The summed E-state index contributed by atoms with van der Waals surface area (Å²) in [5, 5.41) is 2.88. The van der Waals surface area contributed by atoms with Gasteiger partial charge >= 0.3 is 12.2 Å². The number of alkyl halides is 3. The van der Waals surface area contributed by atoms with Crippen LogP contribution in [0.4, 0.5) is 35.2 Å². The second-order valence-electron chi connectivity index (χ2n) is 7.76. The summed E-state index contributed by atoms with van der Waals surface area (Å²) in [5.74, 6) is 0.397. The van der Waals surface area contributed by atoms with Crippen LogP contribution in [0.1, 0.15) is 17.0 Å². The predicted octanol–water partition coefficient (Wildman–Crippen LogP) is 5.27. The molecule has 32 heavy (non-hydrogen) atoms. The summed E-state index contributed by atoms with van der Waals surface area (Å²) in [7, 11) is 1.88. The number of carbonyl (C=O) groups is 1. The van der Waals surface area contributed by atoms with Crippen molar-refractivity contribution in [1.82, 2.24) is 9.97 Å². The van der Waals surface area contributed by atoms with Gasteiger partial charge < -0.3 is 10.2 Å². The second-order valence-corrected chi connectivity index (χ2v) is 7.76. The van der Waals surface area contributed by atoms with E-state index in [-0.39, 0.29) is 6.03 Å². The highest BCUT2D eigenvalue weighted by Gasteiger charge is 2.31. The maximum absolute atomic E-state index is 13.1. The van der Waals surface area contributed by atoms with Gasteiger partial charge in [-0.25, -0.2) is 9.78 Å². The van der Waals surface area contributed by atoms with E-state index >= 15 is 0 Å². The molecular weight excluding hydrogens is 419 g/mol. The Balaban J connectivity index is 1.69. The average Bonchev–Trinajstić information content (AvgIpc) is 2.72. The molecule has 0 unspecified atom stereocenters. The van der Waals surface area contributed by atoms with Crippen molar-refractivity contribution in [3.63, 3.8) is 0 Å². The highest BCUT2D eigenvalue weighted by Crippen LogP contribution is 2.35. The molecule has 166 valence electrons. The van der Waals surface area contributed by atoms with Gasteiger partial charge in [-0.3, -0.25) is 9.88 Å². The smallest absolute Gasteiger partial charge is 0.370 e. The van der Waals surface area contributed by atoms with Gasteiger partial charge in [-0.1, -0.05) is 12.1 Å². The molecule has 9 heteroatoms. The normalized spacial score (nSPS) is 13.7. The topological polar surface area (TPSA) is 61.4 Å². The summed E-state index contributed by atoms with van der Waals surface area (Å²) < 4.78 is 39.4. The third kappa shape index (κ3) is 4.37. The Morgan fingerprint density at radius 3 is 2.41 bits per heavy atom. The van der Waals surface area contributed by atoms with Crippen LogP contribution in [-0.4, -0.2) is 36.1 Å². The Morgan fingerprint density at radius 1 is 1.00 bits per heavy atom. The maximum atomic E-state index is 13.1. The van der Waals surface area contributed by atoms with E-state index in [1.165, 1.54) is 11.0 Å². The zero-order valence-electron chi connectivity index (χ0n) is 17.9. The number of benzene rings is 1. The number of pyridine rings is 2. The third-order valence-electron chi connectivity index (χ3n) is 5.24. The first-order chi connectivity index (χ1) is 15.1. The monoisotopic (exact) mass is 441 g/mol. The minimum atomic E-state index is -4.45. The van der Waals surface area contributed by atoms with Gasteiger partial charge in [0, 0.05) is 42.8 Å². The van der Waals surface area contributed by atoms with Crippen molar-refractivity contribution in [2.45, 2.75) is 20.0 Å². The minimum absolute atomic E-state index is 0.330. The first kappa shape index (κ1) is 21.6. The fourth-order valence-corrected chi connectivity index (χ4v) is 3.72. The molecule has 1 aromatic carbocycles. The molecule has 2 amide bonds. The van der Waals surface area contributed by atoms with Gasteiger partial charge in [0.05, 0.1) is 16.9 Å². The van der Waals surface area contributed by atoms with Crippen LogP contribution >= 0.6 is 0 Å². The number of fused-ring (bicyclic) bond motifs is 1. The molecule has 0 fully saturated rings. The number of aromatic nitrogens is 2. The highest BCUT2D eigenvalue weighted by atomic mass is 19.4. The molecule has 6 nitrogen and oxygen atoms in total. The van der Waals surface area contributed by atoms with Crippen molar-refractivity contribution in [3.8, 4) is 11.3 Å². The van der Waals surface area contributed by atoms with Crippen LogP contribution in [0, 0.1) is 13.8 Å². The van der Waals surface area contributed by atoms with Gasteiger partial charge in [-0.2, -0.15) is 13.2 Å². The first-order valence-corrected chi connectivity index (χ1v) is 10.1. The molecule has 0 radical (unpaired) electrons. The molecule has 3 aromatic rings. The summed E-state index contributed by atoms with van der Waals surface area (Å²) in [6, 6.07) is 11.6. The molecule has 4 rings (SSSR count). The van der Waals surface area contributed by atoms with Crippen molar-refractivity contribution in [2.24, 2.45) is 0 Å². The van der Waals surface area contributed by atoms with Crippen molar-refractivity contribution in [3.05, 3.63) is 65.5 Å². The van der Waals surface area contributed by atoms with E-state index < -0.39 is 11.7 Å². The summed E-state index contributed by atoms with van der Waals surface area (Å²) in [6.45, 7) is 4.67. The molecule has 1 N–H and O–H groups in total. The van der Waals surface area contributed by atoms with Crippen molar-refractivity contribution < 1.29 is 18.0 Å². The zero-order valence-corrected chi connectivity index (χ0v) is 17.9. The molecule has 2 aromatic heterocycles. The number of nitrogens with zero attached hydrogens (tertiary/aromatic N) is 4. The largest absolute Gasteiger partial charge is 0.416 e. The molecule has 0 aliphatic carbocycles. The number of hydrogen-bond donors (Lipinski definition) is 1. The summed E-state index contributed by atoms with van der Waals surface area (Å²) >= 11 is 0. The van der Waals surface area contributed by atoms with Gasteiger partial charge in [0.15, 0.2) is 5.82 Å². The van der Waals surface area contributed by atoms with E-state index in [4.69, 9.17) is 0 Å². The van der Waals surface area contributed by atoms with Gasteiger partial charge in [-0.05, 0) is 50.2 Å². The van der Waals surface area contributed by atoms with E-state index in [2.05, 4.69) is 15.3 Å². The summed E-state index contributed by atoms with van der Waals surface area (Å²) in [6.07, 6.45) is -4.45. The standard InChI is InChI=1S/C23H22F3N5O/c1-14-11-18(12-15(2)27-14)28-22(32)31-10-9-30(3)20-8-7-19(29-21(20)31)16-5-4-6-17(13-16)23(24,25)26/h4-8,11-13H,9-10H2,1-3H3,(H,27,28,32). The number of anilines is 3. The Kier molecular flexibility index (Phi) is 5.50. The summed E-state index contributed by atoms with van der Waals surface area (Å²) in [5.41, 5.74) is 2.85. The van der Waals surface area contributed by atoms with E-state index in [0.717, 1.165) is 29.2 Å². The van der Waals surface area contributed by atoms with Crippen LogP contribution in [0.15, 0.2) is 48.5 Å². The molecule has 0 saturated carbocycles. The molecular formula is C23H22F3N5O. The lowest BCUT2D eigenvalue weighted by atomic mass is 10.1. The van der Waals surface area contributed by atoms with Crippen molar-refractivity contribution >= 4 is 23.2 Å². The number of likely N-dealkylation sites (N-methyl/N-ethyl adjacent to an activating group) is 1. The highest BCUT2D eigenvalue weighted by molar-refractivity contribution is 6.04. The Morgan fingerprint density at radius 2 is 1.72 bits per heavy atom. The number of aryl methyl sites for hydroxylation is 2. The first-order valence-electron chi connectivity index (χ1n) is 10.1. The molecule has 3 heterocycles. The van der Waals surface area contributed by atoms with E-state index in [9.17, 15) is 18.0 Å². The van der Waals surface area contributed by atoms with Gasteiger partial charge in [0.1, 0.15) is 0 Å². The van der Waals surface area contributed by atoms with Crippen LogP contribution in [0.3, 0.4) is 0 Å². The number of hydrogen-bond acceptors (Lipinski definition) is 4. The minimum Gasteiger partial charge on any atom is -0.370 e. The summed E-state index contributed by atoms with van der Waals surface area (Å²) in [4.78, 5) is 25.4. The SMILES string of the molecule is Cc1cc(NC(=O)N2CCN(C)c3ccc(-c4cccc(C(F)(F)F)c4)nc32)cc(C)n1. The van der Waals surface area contributed by atoms with E-state index in [1.54, 1.807) is 30.3 Å². The van der Waals surface area contributed by atoms with Crippen LogP contribution < -0.4 is 15.1 Å². The quantitative estimate of drug-likeness (QED) is 0.589. The lowest BCUT2D eigenvalue weighted by molar-refractivity contribution is -0.137. The van der Waals surface area contributed by atoms with Crippen LogP contribution in [0.25, 0.3) is 11.3 Å². The van der Waals surface area contributed by atoms with Crippen molar-refractivity contribution in [1.29, 1.82) is 0 Å². The maximum Gasteiger partial charge on any atom is 0.416 e. The fraction of sp³-hybridized carbons (Fsp3) is 0.261. The Hall–Kier alpha value is -3.62. The average molecular weight is 441 g/mol. The number of carbonyl (C=O) groups excluding carboxylic acids is 1. The fourth-order valence-electron chi connectivity index (χ4n) is 3.72. The number of urea groups is 1. The molecule has 1 aliphatic heterocycles. The molecule has 0 atom stereocenters. The van der Waals surface area contributed by atoms with Crippen LogP contribution in [-0.2, 0) is 6.18 Å². The van der Waals surface area contributed by atoms with Gasteiger partial charge in [0.25, 0.3) is 0 Å². The molecule has 0 spiro atoms. The Bertz CT molecular complexity index is 1160. The van der Waals surface area contributed by atoms with Crippen LogP contribution in [0.2, 0.25) is 0 Å². The van der Waals surface area contributed by atoms with Crippen LogP contribution in [0.5, 0.6) is 0 Å². The number of halogens is 3.